The standard InChI is InChI=1S/C41H58N5O5SSi/c1-8-16-29-26-37-38-27-30(17-9-2)34(44-38)22-23-36-32(19-11-4)41(52(47,48)42-24-15-25-53(49-12-5,50-13-6)51-14-7)40(46-36)39-28-31(18-10-3)35(45-39)21-20-33(29)43-37/h20-23,26-28,42,45H,8-19,24-25H2,1-7H3/q-1. The van der Waals surface area contributed by atoms with Gasteiger partial charge in [-0.2, -0.15) is 4.72 Å². The van der Waals surface area contributed by atoms with Gasteiger partial charge in [-0.05, 0) is 112 Å². The van der Waals surface area contributed by atoms with Crippen molar-refractivity contribution in [2.75, 3.05) is 26.4 Å². The molecule has 0 fully saturated rings. The average Bonchev–Trinajstić information content (AvgIpc) is 3.90. The Kier molecular flexibility index (Phi) is 14.7. The molecule has 288 valence electrons. The first-order valence-corrected chi connectivity index (χ1v) is 23.1. The van der Waals surface area contributed by atoms with Crippen molar-refractivity contribution < 1.29 is 22.4 Å². The van der Waals surface area contributed by atoms with E-state index in [1.54, 1.807) is 0 Å². The summed E-state index contributed by atoms with van der Waals surface area (Å²) >= 11 is 0. The topological polar surface area (TPSA) is 139 Å². The van der Waals surface area contributed by atoms with E-state index in [-0.39, 0.29) is 11.4 Å². The quantitative estimate of drug-likeness (QED) is 0.0628. The zero-order valence-corrected chi connectivity index (χ0v) is 34.5. The summed E-state index contributed by atoms with van der Waals surface area (Å²) in [7, 11) is -6.93. The largest absolute Gasteiger partial charge is 0.634 e. The summed E-state index contributed by atoms with van der Waals surface area (Å²) in [6.07, 6.45) is 19.8. The molecule has 0 amide bonds. The predicted molar refractivity (Wildman–Crippen MR) is 221 cm³/mol. The minimum absolute atomic E-state index is 0.209. The summed E-state index contributed by atoms with van der Waals surface area (Å²) in [5.41, 5.74) is 10.3. The summed E-state index contributed by atoms with van der Waals surface area (Å²) < 4.78 is 50.0. The Bertz CT molecular complexity index is 1830. The number of hydrogen-bond donors (Lipinski definition) is 2. The lowest BCUT2D eigenvalue weighted by Crippen LogP contribution is -2.47. The van der Waals surface area contributed by atoms with Crippen LogP contribution in [0, 0.1) is 0 Å². The van der Waals surface area contributed by atoms with Crippen molar-refractivity contribution in [3.05, 3.63) is 87.2 Å². The van der Waals surface area contributed by atoms with Crippen LogP contribution in [-0.4, -0.2) is 71.3 Å². The molecule has 0 saturated heterocycles. The van der Waals surface area contributed by atoms with Gasteiger partial charge in [-0.25, -0.2) is 15.0 Å². The minimum atomic E-state index is -4.00. The number of nitrogens with zero attached hydrogens (tertiary/aromatic N) is 3. The van der Waals surface area contributed by atoms with E-state index in [0.29, 0.717) is 61.4 Å². The molecular formula is C41H58N5O5SSi-. The molecule has 5 rings (SSSR count). The highest BCUT2D eigenvalue weighted by Crippen LogP contribution is 2.33. The third kappa shape index (κ3) is 9.60. The number of aliphatic imine (C=N–C) groups is 3. The van der Waals surface area contributed by atoms with E-state index < -0.39 is 19.2 Å². The van der Waals surface area contributed by atoms with Crippen LogP contribution in [-0.2, 0) is 30.1 Å². The van der Waals surface area contributed by atoms with Crippen LogP contribution in [0.25, 0.3) is 6.08 Å². The van der Waals surface area contributed by atoms with Crippen molar-refractivity contribution in [1.29, 1.82) is 0 Å². The van der Waals surface area contributed by atoms with E-state index >= 15 is 0 Å². The minimum Gasteiger partial charge on any atom is -0.634 e. The van der Waals surface area contributed by atoms with Crippen molar-refractivity contribution in [2.45, 2.75) is 112 Å². The van der Waals surface area contributed by atoms with E-state index in [1.165, 1.54) is 5.57 Å². The molecule has 4 aliphatic heterocycles. The summed E-state index contributed by atoms with van der Waals surface area (Å²) in [6.45, 7) is 15.9. The third-order valence-corrected chi connectivity index (χ3v) is 14.1. The van der Waals surface area contributed by atoms with E-state index in [0.717, 1.165) is 84.6 Å². The molecule has 0 saturated carbocycles. The monoisotopic (exact) mass is 760 g/mol. The second-order valence-corrected chi connectivity index (χ2v) is 18.0. The van der Waals surface area contributed by atoms with E-state index in [1.807, 2.05) is 32.9 Å². The molecule has 8 bridgehead atoms. The second kappa shape index (κ2) is 19.0. The number of fused-ring (bicyclic) bond motifs is 6. The molecule has 12 heteroatoms. The number of rotatable bonds is 19. The van der Waals surface area contributed by atoms with Crippen molar-refractivity contribution in [2.24, 2.45) is 15.0 Å². The van der Waals surface area contributed by atoms with Gasteiger partial charge >= 0.3 is 8.80 Å². The number of aryl methyl sites for hydroxylation is 1. The van der Waals surface area contributed by atoms with Gasteiger partial charge < -0.3 is 27.4 Å². The molecular weight excluding hydrogens is 703 g/mol. The first-order chi connectivity index (χ1) is 25.7. The molecule has 10 nitrogen and oxygen atoms in total. The van der Waals surface area contributed by atoms with Crippen LogP contribution in [0.3, 0.4) is 0 Å². The molecule has 0 spiro atoms. The van der Waals surface area contributed by atoms with Gasteiger partial charge in [0.2, 0.25) is 0 Å². The SMILES string of the molecule is CCCC1=CC2=C3C=C(CCC)C(=N3)C=Cc3[nH]c(cc3CCC)C3=NC(=C(CCC)C3=[S+]([O-])([O-])NCCC[Si](OCC)(OCC)OCC)C=CC1=N2. The van der Waals surface area contributed by atoms with Crippen LogP contribution < -0.4 is 4.72 Å². The lowest BCUT2D eigenvalue weighted by atomic mass is 10.0. The zero-order valence-electron chi connectivity index (χ0n) is 32.7. The second-order valence-electron chi connectivity index (χ2n) is 13.5. The molecule has 1 aromatic heterocycles. The normalized spacial score (nSPS) is 17.2. The van der Waals surface area contributed by atoms with Crippen LogP contribution in [0.15, 0.2) is 85.2 Å². The Morgan fingerprint density at radius 2 is 1.26 bits per heavy atom. The molecule has 53 heavy (non-hydrogen) atoms. The summed E-state index contributed by atoms with van der Waals surface area (Å²) in [5.74, 6) is 0. The van der Waals surface area contributed by atoms with E-state index in [2.05, 4.69) is 67.8 Å². The number of aromatic nitrogens is 1. The van der Waals surface area contributed by atoms with Gasteiger partial charge in [0.05, 0.1) is 34.2 Å². The Labute approximate surface area is 319 Å². The lowest BCUT2D eigenvalue weighted by molar-refractivity contribution is 0.0709. The predicted octanol–water partition coefficient (Wildman–Crippen LogP) is 8.51. The van der Waals surface area contributed by atoms with Gasteiger partial charge in [0, 0.05) is 43.7 Å². The maximum absolute atomic E-state index is 14.5. The van der Waals surface area contributed by atoms with Crippen LogP contribution in [0.1, 0.15) is 117 Å². The highest BCUT2D eigenvalue weighted by Gasteiger charge is 2.40. The van der Waals surface area contributed by atoms with E-state index in [9.17, 15) is 9.11 Å². The number of allylic oxidation sites excluding steroid dienone is 8. The van der Waals surface area contributed by atoms with Crippen molar-refractivity contribution >= 4 is 47.2 Å². The van der Waals surface area contributed by atoms with E-state index in [4.69, 9.17) is 28.3 Å². The fraction of sp³-hybridized carbons (Fsp3) is 0.512. The Balaban J connectivity index is 1.63. The molecule has 0 atom stereocenters. The zero-order chi connectivity index (χ0) is 38.0. The first-order valence-electron chi connectivity index (χ1n) is 19.7. The first kappa shape index (κ1) is 41.1. The fourth-order valence-electron chi connectivity index (χ4n) is 7.21. The third-order valence-electron chi connectivity index (χ3n) is 9.42. The highest BCUT2D eigenvalue weighted by molar-refractivity contribution is 8.03. The number of nitrogens with one attached hydrogen (secondary N) is 2. The molecule has 5 heterocycles. The number of hydrogen-bond acceptors (Lipinski definition) is 9. The molecule has 1 aromatic rings. The number of H-pyrrole nitrogens is 1. The molecule has 4 aliphatic rings. The van der Waals surface area contributed by atoms with Gasteiger partial charge in [0.1, 0.15) is 5.71 Å². The molecule has 0 aromatic carbocycles. The van der Waals surface area contributed by atoms with Crippen molar-refractivity contribution in [3.8, 4) is 0 Å². The average molecular weight is 761 g/mol. The van der Waals surface area contributed by atoms with Gasteiger partial charge in [-0.15, -0.1) is 10.4 Å². The molecule has 0 aliphatic carbocycles. The Morgan fingerprint density at radius 1 is 0.698 bits per heavy atom. The summed E-state index contributed by atoms with van der Waals surface area (Å²) in [6, 6.07) is 2.58. The fourth-order valence-corrected chi connectivity index (χ4v) is 11.3. The lowest BCUT2D eigenvalue weighted by Gasteiger charge is -2.34. The maximum Gasteiger partial charge on any atom is 0.500 e. The van der Waals surface area contributed by atoms with Crippen molar-refractivity contribution in [3.63, 3.8) is 0 Å². The van der Waals surface area contributed by atoms with Crippen molar-refractivity contribution in [1.82, 2.24) is 9.71 Å². The van der Waals surface area contributed by atoms with Gasteiger partial charge in [0.15, 0.2) is 4.86 Å². The van der Waals surface area contributed by atoms with Crippen LogP contribution in [0.4, 0.5) is 0 Å². The molecule has 0 radical (unpaired) electrons. The maximum atomic E-state index is 14.5. The summed E-state index contributed by atoms with van der Waals surface area (Å²) in [4.78, 5) is 19.1. The van der Waals surface area contributed by atoms with Gasteiger partial charge in [-0.1, -0.05) is 53.4 Å². The van der Waals surface area contributed by atoms with Crippen LogP contribution in [0.2, 0.25) is 6.04 Å². The van der Waals surface area contributed by atoms with Gasteiger partial charge in [0.25, 0.3) is 0 Å². The highest BCUT2D eigenvalue weighted by atomic mass is 32.3. The molecule has 0 unspecified atom stereocenters. The molecule has 2 N–H and O–H groups in total. The Hall–Kier alpha value is -3.07. The summed E-state index contributed by atoms with van der Waals surface area (Å²) in [5, 5.41) is 0. The van der Waals surface area contributed by atoms with Crippen LogP contribution >= 0.6 is 0 Å². The van der Waals surface area contributed by atoms with Crippen LogP contribution in [0.5, 0.6) is 0 Å². The number of aromatic amines is 1. The smallest absolute Gasteiger partial charge is 0.500 e. The van der Waals surface area contributed by atoms with Gasteiger partial charge in [-0.3, -0.25) is 0 Å². The Morgan fingerprint density at radius 3 is 1.81 bits per heavy atom.